The van der Waals surface area contributed by atoms with Crippen LogP contribution in [-0.2, 0) is 22.3 Å². The van der Waals surface area contributed by atoms with Gasteiger partial charge in [-0.15, -0.1) is 11.3 Å². The van der Waals surface area contributed by atoms with Gasteiger partial charge in [0.05, 0.1) is 11.3 Å². The molecule has 2 aromatic rings. The number of aromatic nitrogens is 1. The predicted octanol–water partition coefficient (Wildman–Crippen LogP) is 0.965. The maximum absolute atomic E-state index is 12.4. The molecule has 0 N–H and O–H groups in total. The van der Waals surface area contributed by atoms with Crippen LogP contribution >= 0.6 is 11.3 Å². The van der Waals surface area contributed by atoms with Crippen molar-refractivity contribution in [1.82, 2.24) is 4.98 Å². The summed E-state index contributed by atoms with van der Waals surface area (Å²) in [5.74, 6) is -0.408. The summed E-state index contributed by atoms with van der Waals surface area (Å²) < 4.78 is 42.1. The predicted molar refractivity (Wildman–Crippen MR) is 78.2 cm³/mol. The minimum absolute atomic E-state index is 0. The van der Waals surface area contributed by atoms with Crippen molar-refractivity contribution in [3.05, 3.63) is 40.9 Å². The molecule has 3 nitrogen and oxygen atoms in total. The Balaban J connectivity index is -0.000000245. The molecule has 1 aromatic carbocycles. The summed E-state index contributed by atoms with van der Waals surface area (Å²) in [5.41, 5.74) is 0.468. The molecule has 0 aliphatic rings. The zero-order valence-electron chi connectivity index (χ0n) is 16.0. The summed E-state index contributed by atoms with van der Waals surface area (Å²) in [6.45, 7) is 1.36. The monoisotopic (exact) mass is 339 g/mol. The van der Waals surface area contributed by atoms with Crippen molar-refractivity contribution < 1.29 is 47.3 Å². The van der Waals surface area contributed by atoms with Crippen molar-refractivity contribution in [2.45, 2.75) is 19.7 Å². The van der Waals surface area contributed by atoms with E-state index < -0.39 is 17.7 Å². The number of ether oxygens (including phenoxy) is 1. The van der Waals surface area contributed by atoms with E-state index in [2.05, 4.69) is 4.98 Å². The summed E-state index contributed by atoms with van der Waals surface area (Å²) in [4.78, 5) is 14.9. The van der Waals surface area contributed by atoms with Crippen LogP contribution in [0.5, 0.6) is 0 Å². The Kier molecular flexibility index (Phi) is 8.46. The van der Waals surface area contributed by atoms with Crippen LogP contribution in [0.25, 0.3) is 10.6 Å². The van der Waals surface area contributed by atoms with Gasteiger partial charge < -0.3 is 10.4 Å². The molecule has 0 bridgehead atoms. The molecule has 0 saturated heterocycles. The van der Waals surface area contributed by atoms with Gasteiger partial charge in [-0.05, 0) is 12.1 Å². The number of carbonyl (C=O) groups is 1. The van der Waals surface area contributed by atoms with E-state index in [1.54, 1.807) is 5.38 Å². The van der Waals surface area contributed by atoms with Gasteiger partial charge in [0.15, 0.2) is 0 Å². The van der Waals surface area contributed by atoms with E-state index in [1.165, 1.54) is 30.4 Å². The molecule has 1 heterocycles. The average molecular weight is 339 g/mol. The molecule has 0 amide bonds. The Bertz CT molecular complexity index is 633. The van der Waals surface area contributed by atoms with Crippen molar-refractivity contribution in [2.24, 2.45) is 0 Å². The van der Waals surface area contributed by atoms with Crippen molar-refractivity contribution in [2.75, 3.05) is 0 Å². The molecule has 114 valence electrons. The number of benzene rings is 1. The fourth-order valence-corrected chi connectivity index (χ4v) is 2.29. The van der Waals surface area contributed by atoms with Gasteiger partial charge in [-0.2, -0.15) is 13.2 Å². The van der Waals surface area contributed by atoms with Gasteiger partial charge in [0.1, 0.15) is 11.6 Å². The van der Waals surface area contributed by atoms with Gasteiger partial charge in [-0.25, -0.2) is 4.98 Å². The first-order valence-electron chi connectivity index (χ1n) is 5.61. The molecule has 0 fully saturated rings. The van der Waals surface area contributed by atoms with Crippen molar-refractivity contribution in [1.29, 1.82) is 0 Å². The van der Waals surface area contributed by atoms with E-state index in [4.69, 9.17) is 4.74 Å². The van der Waals surface area contributed by atoms with E-state index in [1.807, 2.05) is 0 Å². The van der Waals surface area contributed by atoms with Crippen LogP contribution in [0.15, 0.2) is 29.6 Å². The molecule has 0 spiro atoms. The van der Waals surface area contributed by atoms with E-state index in [0.717, 1.165) is 12.1 Å². The largest absolute Gasteiger partial charge is 3.00 e. The number of carbonyl (C=O) groups excluding carboxylic acids is 1. The molecule has 0 radical (unpaired) electrons. The summed E-state index contributed by atoms with van der Waals surface area (Å²) in [7, 11) is 0. The SMILES string of the molecule is CC(=O)OCc1csc(-c2ccc(C(F)(F)F)cc2)n1.[Al+3].[H-].[H-].[H-].[H-].[Li+]. The molecule has 0 saturated carbocycles. The maximum Gasteiger partial charge on any atom is 3.00 e. The quantitative estimate of drug-likeness (QED) is 0.618. The number of halogens is 3. The molecular weight excluding hydrogens is 325 g/mol. The minimum Gasteiger partial charge on any atom is -1.00 e. The van der Waals surface area contributed by atoms with Gasteiger partial charge in [-0.3, -0.25) is 4.79 Å². The zero-order chi connectivity index (χ0) is 14.8. The first kappa shape index (κ1) is 21.2. The standard InChI is InChI=1S/C13H10F3NO2S.Al.Li.4H/c1-8(18)19-6-11-7-20-12(17-11)9-2-4-10(5-3-9)13(14,15)16;;;;;;/h2-5,7H,6H2,1H3;;;;;;/q;+3;+1;4*-1. The van der Waals surface area contributed by atoms with Crippen LogP contribution < -0.4 is 18.9 Å². The minimum atomic E-state index is -4.35. The van der Waals surface area contributed by atoms with Gasteiger partial charge in [0, 0.05) is 17.9 Å². The van der Waals surface area contributed by atoms with Gasteiger partial charge in [-0.1, -0.05) is 12.1 Å². The van der Waals surface area contributed by atoms with Crippen molar-refractivity contribution >= 4 is 34.7 Å². The Morgan fingerprint density at radius 2 is 1.91 bits per heavy atom. The maximum atomic E-state index is 12.4. The Labute approximate surface area is 158 Å². The average Bonchev–Trinajstić information content (AvgIpc) is 2.84. The number of hydrogen-bond acceptors (Lipinski definition) is 4. The van der Waals surface area contributed by atoms with Crippen LogP contribution in [-0.4, -0.2) is 28.3 Å². The van der Waals surface area contributed by atoms with Crippen LogP contribution in [0.1, 0.15) is 23.9 Å². The van der Waals surface area contributed by atoms with Crippen LogP contribution in [0.3, 0.4) is 0 Å². The summed E-state index contributed by atoms with van der Waals surface area (Å²) >= 11 is 1.28. The fourth-order valence-electron chi connectivity index (χ4n) is 1.48. The molecule has 0 aliphatic carbocycles. The van der Waals surface area contributed by atoms with Gasteiger partial charge in [0.25, 0.3) is 0 Å². The second-order valence-electron chi connectivity index (χ2n) is 4.00. The topological polar surface area (TPSA) is 39.2 Å². The van der Waals surface area contributed by atoms with Crippen molar-refractivity contribution in [3.8, 4) is 10.6 Å². The Hall–Kier alpha value is -0.760. The van der Waals surface area contributed by atoms with E-state index in [-0.39, 0.29) is 48.5 Å². The first-order valence-corrected chi connectivity index (χ1v) is 6.49. The smallest absolute Gasteiger partial charge is 1.00 e. The Morgan fingerprint density at radius 3 is 2.41 bits per heavy atom. The first-order chi connectivity index (χ1) is 9.36. The molecule has 0 atom stereocenters. The molecule has 0 aliphatic heterocycles. The molecule has 1 aromatic heterocycles. The summed E-state index contributed by atoms with van der Waals surface area (Å²) in [5, 5.41) is 2.29. The van der Waals surface area contributed by atoms with Crippen LogP contribution in [0.2, 0.25) is 0 Å². The number of esters is 1. The third-order valence-corrected chi connectivity index (χ3v) is 3.37. The van der Waals surface area contributed by atoms with Crippen molar-refractivity contribution in [3.63, 3.8) is 0 Å². The summed E-state index contributed by atoms with van der Waals surface area (Å²) in [6.07, 6.45) is -4.35. The molecule has 22 heavy (non-hydrogen) atoms. The van der Waals surface area contributed by atoms with Crippen LogP contribution in [0, 0.1) is 0 Å². The number of thiazole rings is 1. The van der Waals surface area contributed by atoms with Crippen LogP contribution in [0.4, 0.5) is 13.2 Å². The zero-order valence-corrected chi connectivity index (χ0v) is 13.9. The Morgan fingerprint density at radius 1 is 1.32 bits per heavy atom. The third kappa shape index (κ3) is 5.79. The molecule has 0 unspecified atom stereocenters. The second kappa shape index (κ2) is 8.76. The van der Waals surface area contributed by atoms with Gasteiger partial charge in [0.2, 0.25) is 0 Å². The second-order valence-corrected chi connectivity index (χ2v) is 4.86. The fraction of sp³-hybridized carbons (Fsp3) is 0.231. The molecular formula is C13H14AlF3LiNO2S. The van der Waals surface area contributed by atoms with E-state index in [0.29, 0.717) is 16.3 Å². The number of alkyl halides is 3. The van der Waals surface area contributed by atoms with Gasteiger partial charge >= 0.3 is 48.4 Å². The number of nitrogens with zero attached hydrogens (tertiary/aromatic N) is 1. The number of rotatable bonds is 3. The molecule has 2 rings (SSSR count). The molecule has 9 heteroatoms. The van der Waals surface area contributed by atoms with E-state index in [9.17, 15) is 18.0 Å². The van der Waals surface area contributed by atoms with E-state index >= 15 is 0 Å². The normalized spacial score (nSPS) is 10.4. The number of hydrogen-bond donors (Lipinski definition) is 0. The summed E-state index contributed by atoms with van der Waals surface area (Å²) in [6, 6.07) is 4.78. The third-order valence-electron chi connectivity index (χ3n) is 2.43.